The molecule has 82 valence electrons. The smallest absolute Gasteiger partial charge is 0.0934 e. The Balaban J connectivity index is 2.02. The Morgan fingerprint density at radius 2 is 2.25 bits per heavy atom. The van der Waals surface area contributed by atoms with E-state index in [-0.39, 0.29) is 0 Å². The molecule has 0 unspecified atom stereocenters. The maximum absolute atomic E-state index is 4.46. The third-order valence-electron chi connectivity index (χ3n) is 2.82. The first kappa shape index (κ1) is 10.1. The molecule has 0 aliphatic carbocycles. The lowest BCUT2D eigenvalue weighted by molar-refractivity contribution is 0.472. The van der Waals surface area contributed by atoms with E-state index >= 15 is 0 Å². The Labute approximate surface area is 102 Å². The summed E-state index contributed by atoms with van der Waals surface area (Å²) >= 11 is 3.44. The van der Waals surface area contributed by atoms with Crippen molar-refractivity contribution in [2.75, 3.05) is 18.4 Å². The highest BCUT2D eigenvalue weighted by atomic mass is 79.9. The first-order valence-corrected chi connectivity index (χ1v) is 6.14. The number of anilines is 1. The minimum Gasteiger partial charge on any atom is -0.378 e. The van der Waals surface area contributed by atoms with Crippen molar-refractivity contribution in [1.82, 2.24) is 10.3 Å². The van der Waals surface area contributed by atoms with E-state index in [9.17, 15) is 0 Å². The van der Waals surface area contributed by atoms with Crippen LogP contribution in [0.2, 0.25) is 0 Å². The standard InChI is InChI=1S/C12H12BrN3/c13-9-4-8-2-1-3-11(12(8)15-5-9)16-10-6-14-7-10/h1-5,10,14,16H,6-7H2. The number of pyridine rings is 1. The summed E-state index contributed by atoms with van der Waals surface area (Å²) in [7, 11) is 0. The maximum Gasteiger partial charge on any atom is 0.0934 e. The highest BCUT2D eigenvalue weighted by Crippen LogP contribution is 2.24. The zero-order chi connectivity index (χ0) is 11.0. The number of rotatable bonds is 2. The lowest BCUT2D eigenvalue weighted by Gasteiger charge is -2.29. The Hall–Kier alpha value is -1.13. The molecule has 1 aromatic carbocycles. The van der Waals surface area contributed by atoms with Gasteiger partial charge < -0.3 is 10.6 Å². The molecule has 2 N–H and O–H groups in total. The van der Waals surface area contributed by atoms with E-state index < -0.39 is 0 Å². The number of hydrogen-bond donors (Lipinski definition) is 2. The molecule has 0 amide bonds. The van der Waals surface area contributed by atoms with Crippen molar-refractivity contribution >= 4 is 32.5 Å². The quantitative estimate of drug-likeness (QED) is 0.885. The Morgan fingerprint density at radius 3 is 3.00 bits per heavy atom. The molecule has 0 spiro atoms. The minimum absolute atomic E-state index is 0.538. The molecule has 0 bridgehead atoms. The molecule has 1 aromatic heterocycles. The van der Waals surface area contributed by atoms with Crippen molar-refractivity contribution in [1.29, 1.82) is 0 Å². The second-order valence-corrected chi connectivity index (χ2v) is 4.95. The summed E-state index contributed by atoms with van der Waals surface area (Å²) in [6, 6.07) is 8.85. The van der Waals surface area contributed by atoms with E-state index in [4.69, 9.17) is 0 Å². The highest BCUT2D eigenvalue weighted by molar-refractivity contribution is 9.10. The number of halogens is 1. The van der Waals surface area contributed by atoms with Crippen LogP contribution < -0.4 is 10.6 Å². The van der Waals surface area contributed by atoms with E-state index in [1.165, 1.54) is 0 Å². The predicted octanol–water partition coefficient (Wildman–Crippen LogP) is 2.38. The van der Waals surface area contributed by atoms with E-state index in [1.807, 2.05) is 6.20 Å². The van der Waals surface area contributed by atoms with Crippen molar-refractivity contribution in [3.05, 3.63) is 34.9 Å². The van der Waals surface area contributed by atoms with Gasteiger partial charge in [-0.05, 0) is 28.1 Å². The SMILES string of the molecule is Brc1cnc2c(NC3CNC3)cccc2c1. The van der Waals surface area contributed by atoms with Crippen LogP contribution in [0.5, 0.6) is 0 Å². The van der Waals surface area contributed by atoms with Gasteiger partial charge in [0.15, 0.2) is 0 Å². The molecular formula is C12H12BrN3. The summed E-state index contributed by atoms with van der Waals surface area (Å²) in [5.41, 5.74) is 2.16. The number of fused-ring (bicyclic) bond motifs is 1. The molecule has 3 nitrogen and oxygen atoms in total. The largest absolute Gasteiger partial charge is 0.378 e. The molecule has 1 aliphatic heterocycles. The summed E-state index contributed by atoms with van der Waals surface area (Å²) in [5, 5.41) is 7.91. The Morgan fingerprint density at radius 1 is 1.38 bits per heavy atom. The summed E-state index contributed by atoms with van der Waals surface area (Å²) < 4.78 is 1.02. The zero-order valence-corrected chi connectivity index (χ0v) is 10.3. The van der Waals surface area contributed by atoms with Gasteiger partial charge in [0.05, 0.1) is 17.2 Å². The van der Waals surface area contributed by atoms with Crippen molar-refractivity contribution < 1.29 is 0 Å². The second-order valence-electron chi connectivity index (χ2n) is 4.03. The molecule has 1 saturated heterocycles. The summed E-state index contributed by atoms with van der Waals surface area (Å²) in [6.45, 7) is 2.07. The zero-order valence-electron chi connectivity index (χ0n) is 8.70. The van der Waals surface area contributed by atoms with Crippen LogP contribution in [0.3, 0.4) is 0 Å². The molecule has 0 radical (unpaired) electrons. The van der Waals surface area contributed by atoms with Crippen molar-refractivity contribution in [2.24, 2.45) is 0 Å². The fourth-order valence-electron chi connectivity index (χ4n) is 1.86. The third-order valence-corrected chi connectivity index (χ3v) is 3.25. The van der Waals surface area contributed by atoms with Crippen LogP contribution in [-0.4, -0.2) is 24.1 Å². The van der Waals surface area contributed by atoms with Gasteiger partial charge in [0, 0.05) is 29.1 Å². The van der Waals surface area contributed by atoms with E-state index in [1.54, 1.807) is 0 Å². The van der Waals surface area contributed by atoms with Gasteiger partial charge in [0.25, 0.3) is 0 Å². The van der Waals surface area contributed by atoms with Gasteiger partial charge in [0.1, 0.15) is 0 Å². The van der Waals surface area contributed by atoms with Gasteiger partial charge in [0.2, 0.25) is 0 Å². The van der Waals surface area contributed by atoms with Gasteiger partial charge >= 0.3 is 0 Å². The highest BCUT2D eigenvalue weighted by Gasteiger charge is 2.16. The van der Waals surface area contributed by atoms with Gasteiger partial charge in [-0.3, -0.25) is 4.98 Å². The number of nitrogens with one attached hydrogen (secondary N) is 2. The van der Waals surface area contributed by atoms with Crippen LogP contribution in [0, 0.1) is 0 Å². The number of benzene rings is 1. The fourth-order valence-corrected chi connectivity index (χ4v) is 2.21. The average molecular weight is 278 g/mol. The van der Waals surface area contributed by atoms with E-state index in [0.717, 1.165) is 34.2 Å². The number of para-hydroxylation sites is 1. The van der Waals surface area contributed by atoms with Gasteiger partial charge in [-0.15, -0.1) is 0 Å². The monoisotopic (exact) mass is 277 g/mol. The van der Waals surface area contributed by atoms with Crippen LogP contribution >= 0.6 is 15.9 Å². The van der Waals surface area contributed by atoms with E-state index in [2.05, 4.69) is 55.8 Å². The Bertz CT molecular complexity index is 523. The lowest BCUT2D eigenvalue weighted by Crippen LogP contribution is -2.51. The molecular weight excluding hydrogens is 266 g/mol. The topological polar surface area (TPSA) is 37.0 Å². The lowest BCUT2D eigenvalue weighted by atomic mass is 10.1. The van der Waals surface area contributed by atoms with Gasteiger partial charge in [-0.2, -0.15) is 0 Å². The number of aromatic nitrogens is 1. The first-order chi connectivity index (χ1) is 7.83. The average Bonchev–Trinajstić information content (AvgIpc) is 2.23. The normalized spacial score (nSPS) is 16.1. The third kappa shape index (κ3) is 1.79. The van der Waals surface area contributed by atoms with Gasteiger partial charge in [-0.25, -0.2) is 0 Å². The van der Waals surface area contributed by atoms with Gasteiger partial charge in [-0.1, -0.05) is 12.1 Å². The van der Waals surface area contributed by atoms with Crippen LogP contribution in [0.25, 0.3) is 10.9 Å². The summed E-state index contributed by atoms with van der Waals surface area (Å²) in [5.74, 6) is 0. The molecule has 2 heterocycles. The molecule has 2 aromatic rings. The summed E-state index contributed by atoms with van der Waals surface area (Å²) in [6.07, 6.45) is 1.84. The van der Waals surface area contributed by atoms with Crippen LogP contribution in [-0.2, 0) is 0 Å². The molecule has 4 heteroatoms. The van der Waals surface area contributed by atoms with E-state index in [0.29, 0.717) is 6.04 Å². The van der Waals surface area contributed by atoms with Crippen molar-refractivity contribution in [2.45, 2.75) is 6.04 Å². The number of nitrogens with zero attached hydrogens (tertiary/aromatic N) is 1. The summed E-state index contributed by atoms with van der Waals surface area (Å²) in [4.78, 5) is 4.46. The second kappa shape index (κ2) is 4.03. The first-order valence-electron chi connectivity index (χ1n) is 5.34. The molecule has 3 rings (SSSR count). The molecule has 16 heavy (non-hydrogen) atoms. The molecule has 0 atom stereocenters. The van der Waals surface area contributed by atoms with Crippen molar-refractivity contribution in [3.8, 4) is 0 Å². The predicted molar refractivity (Wildman–Crippen MR) is 69.7 cm³/mol. The molecule has 0 saturated carbocycles. The minimum atomic E-state index is 0.538. The van der Waals surface area contributed by atoms with Crippen LogP contribution in [0.1, 0.15) is 0 Å². The van der Waals surface area contributed by atoms with Crippen LogP contribution in [0.4, 0.5) is 5.69 Å². The number of hydrogen-bond acceptors (Lipinski definition) is 3. The molecule has 1 fully saturated rings. The fraction of sp³-hybridized carbons (Fsp3) is 0.250. The van der Waals surface area contributed by atoms with Crippen LogP contribution in [0.15, 0.2) is 34.9 Å². The Kier molecular flexibility index (Phi) is 2.53. The van der Waals surface area contributed by atoms with Crippen molar-refractivity contribution in [3.63, 3.8) is 0 Å². The maximum atomic E-state index is 4.46. The molecule has 1 aliphatic rings.